The van der Waals surface area contributed by atoms with Gasteiger partial charge in [-0.25, -0.2) is 0 Å². The van der Waals surface area contributed by atoms with Crippen molar-refractivity contribution in [3.05, 3.63) is 80.9 Å². The Labute approximate surface area is 215 Å². The number of halogens is 1. The highest BCUT2D eigenvalue weighted by Crippen LogP contribution is 2.40. The van der Waals surface area contributed by atoms with E-state index in [2.05, 4.69) is 19.7 Å². The highest BCUT2D eigenvalue weighted by atomic mass is 35.5. The van der Waals surface area contributed by atoms with Gasteiger partial charge < -0.3 is 9.32 Å². The Morgan fingerprint density at radius 2 is 2.12 bits per heavy atom. The average molecular weight is 526 g/mol. The summed E-state index contributed by atoms with van der Waals surface area (Å²) in [4.78, 5) is 9.56. The highest BCUT2D eigenvalue weighted by Gasteiger charge is 2.32. The molecule has 6 nitrogen and oxygen atoms in total. The molecule has 1 aromatic carbocycles. The lowest BCUT2D eigenvalue weighted by Crippen LogP contribution is -2.35. The molecule has 172 valence electrons. The van der Waals surface area contributed by atoms with Gasteiger partial charge in [-0.15, -0.1) is 21.5 Å². The molecule has 2 aliphatic rings. The van der Waals surface area contributed by atoms with Crippen molar-refractivity contribution in [3.8, 4) is 5.00 Å². The van der Waals surface area contributed by atoms with E-state index < -0.39 is 0 Å². The van der Waals surface area contributed by atoms with Crippen molar-refractivity contribution in [2.45, 2.75) is 31.5 Å². The molecule has 2 aliphatic heterocycles. The minimum Gasteiger partial charge on any atom is -0.458 e. The molecule has 0 bridgehead atoms. The number of furan rings is 1. The molecule has 10 heteroatoms. The van der Waals surface area contributed by atoms with Crippen LogP contribution in [0, 0.1) is 6.92 Å². The molecule has 0 atom stereocenters. The van der Waals surface area contributed by atoms with Crippen molar-refractivity contribution in [1.82, 2.24) is 19.7 Å². The minimum absolute atomic E-state index is 0.470. The van der Waals surface area contributed by atoms with Crippen LogP contribution >= 0.6 is 46.9 Å². The molecule has 4 aromatic rings. The molecular weight excluding hydrogens is 506 g/mol. The number of nitrogens with zero attached hydrogens (tertiary/aromatic N) is 5. The molecule has 0 N–H and O–H groups in total. The Kier molecular flexibility index (Phi) is 5.81. The molecular formula is C24H20ClN5OS3. The van der Waals surface area contributed by atoms with Crippen LogP contribution in [-0.4, -0.2) is 42.7 Å². The molecule has 6 rings (SSSR count). The maximum atomic E-state index is 6.64. The number of thioether (sulfide) groups is 1. The first-order valence-corrected chi connectivity index (χ1v) is 13.5. The first-order chi connectivity index (χ1) is 16.6. The van der Waals surface area contributed by atoms with Gasteiger partial charge in [-0.3, -0.25) is 9.56 Å². The van der Waals surface area contributed by atoms with Crippen LogP contribution in [0.4, 0.5) is 0 Å². The summed E-state index contributed by atoms with van der Waals surface area (Å²) in [7, 11) is 0. The zero-order chi connectivity index (χ0) is 23.2. The third kappa shape index (κ3) is 3.80. The average Bonchev–Trinajstić information content (AvgIpc) is 3.55. The number of benzene rings is 1. The Hall–Kier alpha value is -2.46. The Morgan fingerprint density at radius 3 is 2.94 bits per heavy atom. The van der Waals surface area contributed by atoms with Gasteiger partial charge in [0.2, 0.25) is 0 Å². The fraction of sp³-hybridized carbons (Fsp3) is 0.250. The van der Waals surface area contributed by atoms with E-state index in [0.717, 1.165) is 68.8 Å². The normalized spacial score (nSPS) is 14.8. The van der Waals surface area contributed by atoms with Crippen LogP contribution in [0.15, 0.2) is 57.2 Å². The molecule has 0 spiro atoms. The SMILES string of the molecule is Cc1nnc2n1-c1sc3c(c1C(c1ccccc1Cl)=NC2)CCN(C(=S)CSc1ccco1)C3. The van der Waals surface area contributed by atoms with Gasteiger partial charge in [0.1, 0.15) is 17.4 Å². The maximum Gasteiger partial charge on any atom is 0.160 e. The van der Waals surface area contributed by atoms with Gasteiger partial charge in [-0.1, -0.05) is 53.8 Å². The van der Waals surface area contributed by atoms with E-state index in [1.54, 1.807) is 29.4 Å². The van der Waals surface area contributed by atoms with E-state index in [1.807, 2.05) is 43.3 Å². The van der Waals surface area contributed by atoms with Gasteiger partial charge in [0, 0.05) is 27.6 Å². The molecule has 0 aliphatic carbocycles. The summed E-state index contributed by atoms with van der Waals surface area (Å²) in [6.07, 6.45) is 2.59. The largest absolute Gasteiger partial charge is 0.458 e. The van der Waals surface area contributed by atoms with Crippen LogP contribution in [0.25, 0.3) is 5.00 Å². The Balaban J connectivity index is 1.38. The van der Waals surface area contributed by atoms with Gasteiger partial charge >= 0.3 is 0 Å². The maximum absolute atomic E-state index is 6.64. The summed E-state index contributed by atoms with van der Waals surface area (Å²) in [6.45, 7) is 4.12. The van der Waals surface area contributed by atoms with E-state index in [-0.39, 0.29) is 0 Å². The second kappa shape index (κ2) is 8.96. The van der Waals surface area contributed by atoms with Crippen molar-refractivity contribution in [2.24, 2.45) is 4.99 Å². The van der Waals surface area contributed by atoms with Gasteiger partial charge in [0.05, 0.1) is 29.3 Å². The number of aliphatic imine (C=N–C) groups is 1. The standard InChI is InChI=1S/C24H20ClN5OS3/c1-14-27-28-19-11-26-23(15-5-2-3-6-17(15)25)22-16-8-9-29(12-18(16)34-24(22)30(14)19)20(32)13-33-21-7-4-10-31-21/h2-7,10H,8-9,11-13H2,1H3. The van der Waals surface area contributed by atoms with E-state index in [9.17, 15) is 0 Å². The zero-order valence-electron chi connectivity index (χ0n) is 18.3. The third-order valence-corrected chi connectivity index (χ3v) is 9.11. The van der Waals surface area contributed by atoms with Crippen molar-refractivity contribution < 1.29 is 4.42 Å². The predicted molar refractivity (Wildman–Crippen MR) is 141 cm³/mol. The molecule has 0 saturated carbocycles. The smallest absolute Gasteiger partial charge is 0.160 e. The Bertz CT molecular complexity index is 1420. The summed E-state index contributed by atoms with van der Waals surface area (Å²) in [5, 5.41) is 11.4. The predicted octanol–water partition coefficient (Wildman–Crippen LogP) is 5.71. The lowest BCUT2D eigenvalue weighted by atomic mass is 9.95. The summed E-state index contributed by atoms with van der Waals surface area (Å²) in [6, 6.07) is 11.8. The van der Waals surface area contributed by atoms with Crippen molar-refractivity contribution in [3.63, 3.8) is 0 Å². The highest BCUT2D eigenvalue weighted by molar-refractivity contribution is 8.00. The molecule has 3 aromatic heterocycles. The van der Waals surface area contributed by atoms with Crippen LogP contribution < -0.4 is 0 Å². The molecule has 0 fully saturated rings. The first kappa shape index (κ1) is 22.0. The van der Waals surface area contributed by atoms with E-state index >= 15 is 0 Å². The van der Waals surface area contributed by atoms with E-state index in [4.69, 9.17) is 33.2 Å². The van der Waals surface area contributed by atoms with E-state index in [1.165, 1.54) is 10.4 Å². The molecule has 0 radical (unpaired) electrons. The van der Waals surface area contributed by atoms with Gasteiger partial charge in [-0.2, -0.15) is 0 Å². The Morgan fingerprint density at radius 1 is 1.24 bits per heavy atom. The second-order valence-corrected chi connectivity index (χ2v) is 11.1. The van der Waals surface area contributed by atoms with Crippen molar-refractivity contribution in [2.75, 3.05) is 12.3 Å². The fourth-order valence-corrected chi connectivity index (χ4v) is 7.18. The number of thiocarbonyl (C=S) groups is 1. The summed E-state index contributed by atoms with van der Waals surface area (Å²) >= 11 is 15.9. The number of thiophene rings is 1. The number of aromatic nitrogens is 3. The molecule has 5 heterocycles. The molecule has 0 saturated heterocycles. The molecule has 0 unspecified atom stereocenters. The second-order valence-electron chi connectivity index (χ2n) is 8.11. The monoisotopic (exact) mass is 525 g/mol. The van der Waals surface area contributed by atoms with Crippen LogP contribution in [0.2, 0.25) is 5.02 Å². The summed E-state index contributed by atoms with van der Waals surface area (Å²) < 4.78 is 7.60. The number of hydrogen-bond donors (Lipinski definition) is 0. The third-order valence-electron chi connectivity index (χ3n) is 6.06. The van der Waals surface area contributed by atoms with Gasteiger partial charge in [0.15, 0.2) is 10.9 Å². The van der Waals surface area contributed by atoms with Crippen molar-refractivity contribution in [1.29, 1.82) is 0 Å². The number of rotatable bonds is 4. The lowest BCUT2D eigenvalue weighted by molar-refractivity contribution is 0.404. The van der Waals surface area contributed by atoms with Crippen LogP contribution in [-0.2, 0) is 19.5 Å². The zero-order valence-corrected chi connectivity index (χ0v) is 21.5. The van der Waals surface area contributed by atoms with Gasteiger partial charge in [0.25, 0.3) is 0 Å². The topological polar surface area (TPSA) is 59.5 Å². The van der Waals surface area contributed by atoms with Crippen molar-refractivity contribution >= 4 is 57.6 Å². The number of fused-ring (bicyclic) bond motifs is 5. The van der Waals surface area contributed by atoms with E-state index in [0.29, 0.717) is 11.6 Å². The molecule has 34 heavy (non-hydrogen) atoms. The number of hydrogen-bond acceptors (Lipinski definition) is 7. The van der Waals surface area contributed by atoms with Crippen LogP contribution in [0.1, 0.15) is 33.2 Å². The van der Waals surface area contributed by atoms with Gasteiger partial charge in [-0.05, 0) is 37.1 Å². The quantitative estimate of drug-likeness (QED) is 0.251. The molecule has 0 amide bonds. The summed E-state index contributed by atoms with van der Waals surface area (Å²) in [5.74, 6) is 2.44. The van der Waals surface area contributed by atoms with Crippen LogP contribution in [0.5, 0.6) is 0 Å². The van der Waals surface area contributed by atoms with Crippen LogP contribution in [0.3, 0.4) is 0 Å². The summed E-state index contributed by atoms with van der Waals surface area (Å²) in [5.41, 5.74) is 4.38. The lowest BCUT2D eigenvalue weighted by Gasteiger charge is -2.29. The minimum atomic E-state index is 0.470. The number of aryl methyl sites for hydroxylation is 1. The first-order valence-electron chi connectivity index (χ1n) is 10.9. The fourth-order valence-electron chi connectivity index (χ4n) is 4.45.